The van der Waals surface area contributed by atoms with Crippen LogP contribution < -0.4 is 15.4 Å². The van der Waals surface area contributed by atoms with Crippen molar-refractivity contribution >= 4 is 23.2 Å². The normalized spacial score (nSPS) is 14.4. The van der Waals surface area contributed by atoms with Crippen LogP contribution in [-0.2, 0) is 0 Å². The predicted molar refractivity (Wildman–Crippen MR) is 61.9 cm³/mol. The molecule has 1 aromatic rings. The van der Waals surface area contributed by atoms with E-state index in [4.69, 9.17) is 16.3 Å². The van der Waals surface area contributed by atoms with Gasteiger partial charge in [0.1, 0.15) is 5.75 Å². The van der Waals surface area contributed by atoms with Crippen LogP contribution in [0.4, 0.5) is 5.69 Å². The number of hydrogen-bond acceptors (Lipinski definition) is 4. The summed E-state index contributed by atoms with van der Waals surface area (Å²) < 4.78 is 5.06. The highest BCUT2D eigenvalue weighted by Crippen LogP contribution is 2.27. The lowest BCUT2D eigenvalue weighted by Crippen LogP contribution is -2.26. The Labute approximate surface area is 93.3 Å². The lowest BCUT2D eigenvalue weighted by atomic mass is 10.3. The molecule has 0 atom stereocenters. The minimum atomic E-state index is 0.584. The number of nitrogens with one attached hydrogen (secondary N) is 2. The Bertz CT molecular complexity index is 392. The average molecular weight is 226 g/mol. The maximum absolute atomic E-state index is 5.99. The molecule has 0 spiro atoms. The van der Waals surface area contributed by atoms with Gasteiger partial charge in [-0.05, 0) is 18.2 Å². The number of halogens is 1. The van der Waals surface area contributed by atoms with Crippen LogP contribution in [0.2, 0.25) is 5.02 Å². The number of anilines is 1. The van der Waals surface area contributed by atoms with E-state index in [0.717, 1.165) is 24.7 Å². The molecule has 4 nitrogen and oxygen atoms in total. The minimum Gasteiger partial charge on any atom is -0.495 e. The largest absolute Gasteiger partial charge is 0.495 e. The molecule has 5 heteroatoms. The van der Waals surface area contributed by atoms with Gasteiger partial charge in [0.2, 0.25) is 0 Å². The fraction of sp³-hybridized carbons (Fsp3) is 0.300. The third-order valence-electron chi connectivity index (χ3n) is 2.09. The van der Waals surface area contributed by atoms with Crippen molar-refractivity contribution in [1.82, 2.24) is 5.32 Å². The Morgan fingerprint density at radius 1 is 1.53 bits per heavy atom. The Morgan fingerprint density at radius 3 is 3.00 bits per heavy atom. The zero-order valence-electron chi connectivity index (χ0n) is 8.38. The van der Waals surface area contributed by atoms with Gasteiger partial charge in [0, 0.05) is 12.2 Å². The molecule has 0 saturated carbocycles. The second-order valence-electron chi connectivity index (χ2n) is 3.13. The van der Waals surface area contributed by atoms with Gasteiger partial charge in [-0.15, -0.1) is 0 Å². The van der Waals surface area contributed by atoms with Gasteiger partial charge in [-0.1, -0.05) is 11.6 Å². The molecule has 1 aromatic carbocycles. The van der Waals surface area contributed by atoms with Crippen LogP contribution in [0, 0.1) is 0 Å². The van der Waals surface area contributed by atoms with E-state index in [1.807, 2.05) is 18.2 Å². The summed E-state index contributed by atoms with van der Waals surface area (Å²) in [6, 6.07) is 5.52. The molecule has 1 aliphatic rings. The Hall–Kier alpha value is -1.42. The second kappa shape index (κ2) is 4.40. The molecular weight excluding hydrogens is 214 g/mol. The molecule has 0 unspecified atom stereocenters. The van der Waals surface area contributed by atoms with E-state index < -0.39 is 0 Å². The topological polar surface area (TPSA) is 45.6 Å². The first-order chi connectivity index (χ1) is 7.29. The summed E-state index contributed by atoms with van der Waals surface area (Å²) in [5.41, 5.74) is 0.897. The lowest BCUT2D eigenvalue weighted by molar-refractivity contribution is 0.415. The zero-order chi connectivity index (χ0) is 10.7. The van der Waals surface area contributed by atoms with E-state index in [1.54, 1.807) is 7.11 Å². The molecule has 80 valence electrons. The summed E-state index contributed by atoms with van der Waals surface area (Å²) in [5.74, 6) is 1.46. The number of benzene rings is 1. The minimum absolute atomic E-state index is 0.584. The Morgan fingerprint density at radius 2 is 2.40 bits per heavy atom. The average Bonchev–Trinajstić information content (AvgIpc) is 2.71. The number of guanidine groups is 1. The monoisotopic (exact) mass is 225 g/mol. The van der Waals surface area contributed by atoms with Crippen molar-refractivity contribution in [2.45, 2.75) is 0 Å². The maximum Gasteiger partial charge on any atom is 0.195 e. The third-order valence-corrected chi connectivity index (χ3v) is 2.38. The van der Waals surface area contributed by atoms with Crippen molar-refractivity contribution in [2.24, 2.45) is 4.99 Å². The van der Waals surface area contributed by atoms with E-state index in [9.17, 15) is 0 Å². The summed E-state index contributed by atoms with van der Waals surface area (Å²) >= 11 is 5.99. The van der Waals surface area contributed by atoms with Crippen molar-refractivity contribution in [3.8, 4) is 5.75 Å². The van der Waals surface area contributed by atoms with Crippen LogP contribution in [0.25, 0.3) is 0 Å². The summed E-state index contributed by atoms with van der Waals surface area (Å²) in [6.07, 6.45) is 0. The summed E-state index contributed by atoms with van der Waals surface area (Å²) in [7, 11) is 1.59. The molecule has 0 radical (unpaired) electrons. The summed E-state index contributed by atoms with van der Waals surface area (Å²) in [6.45, 7) is 1.69. The molecule has 0 bridgehead atoms. The van der Waals surface area contributed by atoms with Gasteiger partial charge in [-0.25, -0.2) is 0 Å². The first kappa shape index (κ1) is 10.1. The van der Waals surface area contributed by atoms with Crippen molar-refractivity contribution in [3.05, 3.63) is 23.2 Å². The molecule has 1 aliphatic heterocycles. The molecule has 0 aliphatic carbocycles. The highest BCUT2D eigenvalue weighted by Gasteiger charge is 2.06. The first-order valence-electron chi connectivity index (χ1n) is 4.68. The standard InChI is InChI=1S/C10H12ClN3O/c1-15-9-3-2-7(6-8(9)11)14-10-12-4-5-13-10/h2-3,6H,4-5H2,1H3,(H2,12,13,14). The van der Waals surface area contributed by atoms with Crippen LogP contribution in [0.5, 0.6) is 5.75 Å². The number of methoxy groups -OCH3 is 1. The van der Waals surface area contributed by atoms with Crippen LogP contribution in [0.1, 0.15) is 0 Å². The number of rotatable bonds is 2. The molecular formula is C10H12ClN3O. The van der Waals surface area contributed by atoms with Gasteiger partial charge in [0.25, 0.3) is 0 Å². The fourth-order valence-corrected chi connectivity index (χ4v) is 1.62. The van der Waals surface area contributed by atoms with Gasteiger partial charge in [-0.3, -0.25) is 4.99 Å². The van der Waals surface area contributed by atoms with E-state index >= 15 is 0 Å². The van der Waals surface area contributed by atoms with Gasteiger partial charge < -0.3 is 15.4 Å². The highest BCUT2D eigenvalue weighted by atomic mass is 35.5. The SMILES string of the molecule is COc1ccc(NC2=NCCN2)cc1Cl. The lowest BCUT2D eigenvalue weighted by Gasteiger charge is -2.08. The molecule has 15 heavy (non-hydrogen) atoms. The van der Waals surface area contributed by atoms with Gasteiger partial charge >= 0.3 is 0 Å². The van der Waals surface area contributed by atoms with Crippen LogP contribution in [-0.4, -0.2) is 26.2 Å². The van der Waals surface area contributed by atoms with Crippen molar-refractivity contribution in [2.75, 3.05) is 25.5 Å². The van der Waals surface area contributed by atoms with Gasteiger partial charge in [0.05, 0.1) is 18.7 Å². The maximum atomic E-state index is 5.99. The summed E-state index contributed by atoms with van der Waals surface area (Å²) in [5, 5.41) is 6.83. The molecule has 2 N–H and O–H groups in total. The smallest absolute Gasteiger partial charge is 0.195 e. The quantitative estimate of drug-likeness (QED) is 0.806. The van der Waals surface area contributed by atoms with Crippen LogP contribution in [0.15, 0.2) is 23.2 Å². The Balaban J connectivity index is 2.12. The zero-order valence-corrected chi connectivity index (χ0v) is 9.14. The van der Waals surface area contributed by atoms with Gasteiger partial charge in [-0.2, -0.15) is 0 Å². The van der Waals surface area contributed by atoms with E-state index in [-0.39, 0.29) is 0 Å². The van der Waals surface area contributed by atoms with Crippen molar-refractivity contribution in [1.29, 1.82) is 0 Å². The number of hydrogen-bond donors (Lipinski definition) is 2. The van der Waals surface area contributed by atoms with Crippen LogP contribution >= 0.6 is 11.6 Å². The fourth-order valence-electron chi connectivity index (χ4n) is 1.36. The molecule has 0 aromatic heterocycles. The molecule has 0 saturated heterocycles. The molecule has 0 fully saturated rings. The molecule has 2 rings (SSSR count). The number of nitrogens with zero attached hydrogens (tertiary/aromatic N) is 1. The predicted octanol–water partition coefficient (Wildman–Crippen LogP) is 1.72. The van der Waals surface area contributed by atoms with Crippen LogP contribution in [0.3, 0.4) is 0 Å². The number of aliphatic imine (C=N–C) groups is 1. The Kier molecular flexibility index (Phi) is 2.97. The van der Waals surface area contributed by atoms with Crippen molar-refractivity contribution in [3.63, 3.8) is 0 Å². The second-order valence-corrected chi connectivity index (χ2v) is 3.54. The number of ether oxygens (including phenoxy) is 1. The van der Waals surface area contributed by atoms with E-state index in [1.165, 1.54) is 0 Å². The van der Waals surface area contributed by atoms with E-state index in [0.29, 0.717) is 10.8 Å². The van der Waals surface area contributed by atoms with Crippen molar-refractivity contribution < 1.29 is 4.74 Å². The highest BCUT2D eigenvalue weighted by molar-refractivity contribution is 6.32. The summed E-state index contributed by atoms with van der Waals surface area (Å²) in [4.78, 5) is 4.22. The third kappa shape index (κ3) is 2.33. The molecule has 0 amide bonds. The van der Waals surface area contributed by atoms with E-state index in [2.05, 4.69) is 15.6 Å². The first-order valence-corrected chi connectivity index (χ1v) is 5.06. The van der Waals surface area contributed by atoms with Gasteiger partial charge in [0.15, 0.2) is 5.96 Å². The molecule has 1 heterocycles.